The van der Waals surface area contributed by atoms with Gasteiger partial charge in [0.15, 0.2) is 11.5 Å². The van der Waals surface area contributed by atoms with E-state index < -0.39 is 69.9 Å². The van der Waals surface area contributed by atoms with E-state index in [1.54, 1.807) is 30.3 Å². The number of aromatic nitrogens is 5. The molecule has 0 spiro atoms. The summed E-state index contributed by atoms with van der Waals surface area (Å²) in [4.78, 5) is 77.7. The van der Waals surface area contributed by atoms with Gasteiger partial charge in [-0.25, -0.2) is 28.5 Å². The molecule has 67 heavy (non-hydrogen) atoms. The van der Waals surface area contributed by atoms with Gasteiger partial charge in [0.05, 0.1) is 67.0 Å². The number of amides is 2. The molecule has 4 aromatic carbocycles. The second-order valence-corrected chi connectivity index (χ2v) is 16.9. The van der Waals surface area contributed by atoms with Gasteiger partial charge in [-0.2, -0.15) is 5.01 Å². The van der Waals surface area contributed by atoms with Gasteiger partial charge in [0, 0.05) is 48.6 Å². The van der Waals surface area contributed by atoms with Crippen molar-refractivity contribution in [1.82, 2.24) is 28.5 Å². The first-order valence-electron chi connectivity index (χ1n) is 20.5. The van der Waals surface area contributed by atoms with Crippen LogP contribution in [0.5, 0.6) is 28.7 Å². The quantitative estimate of drug-likeness (QED) is 0.117. The molecule has 4 unspecified atom stereocenters. The Balaban J connectivity index is 1.20. The molecule has 0 bridgehead atoms. The number of phenolic OH excluding ortho intramolecular Hbond substituents is 1. The smallest absolute Gasteiger partial charge is 0.508 e. The SMILES string of the molecule is COc1ccc(C23C(=O)N(Nc4ccc(Cl)cc4Cl)C(=O)C2CC2C(=CCn4c(=O)n(CCc5nc6cc(OC)c(OC)cc6n(C)c5=O)c(=O)n42)C3c2cc(OC(F)(F)F)ccc2O)cc1. The number of alkyl halides is 3. The lowest BCUT2D eigenvalue weighted by molar-refractivity contribution is -0.274. The van der Waals surface area contributed by atoms with Gasteiger partial charge in [0.25, 0.3) is 17.4 Å². The van der Waals surface area contributed by atoms with E-state index in [9.17, 15) is 32.7 Å². The van der Waals surface area contributed by atoms with Crippen molar-refractivity contribution in [2.45, 2.75) is 49.7 Å². The molecule has 2 fully saturated rings. The molecule has 2 aromatic heterocycles. The number of aryl methyl sites for hydroxylation is 2. The second-order valence-electron chi connectivity index (χ2n) is 16.0. The number of halogens is 5. The van der Waals surface area contributed by atoms with Gasteiger partial charge in [0.1, 0.15) is 22.9 Å². The number of carbonyl (C=O) groups excluding carboxylic acids is 2. The number of anilines is 1. The fourth-order valence-electron chi connectivity index (χ4n) is 9.74. The van der Waals surface area contributed by atoms with E-state index in [1.165, 1.54) is 63.3 Å². The summed E-state index contributed by atoms with van der Waals surface area (Å²) in [6, 6.07) is 15.2. The van der Waals surface area contributed by atoms with Gasteiger partial charge in [-0.1, -0.05) is 41.4 Å². The number of benzene rings is 4. The van der Waals surface area contributed by atoms with Crippen molar-refractivity contribution in [3.05, 3.63) is 143 Å². The van der Waals surface area contributed by atoms with E-state index in [2.05, 4.69) is 15.1 Å². The molecule has 3 aliphatic rings. The molecular weight excluding hydrogens is 926 g/mol. The molecule has 4 heterocycles. The largest absolute Gasteiger partial charge is 0.573 e. The van der Waals surface area contributed by atoms with E-state index >= 15 is 9.59 Å². The minimum Gasteiger partial charge on any atom is -0.508 e. The van der Waals surface area contributed by atoms with Gasteiger partial charge in [-0.15, -0.1) is 13.2 Å². The number of hydrogen-bond acceptors (Lipinski definition) is 12. The number of rotatable bonds is 11. The average Bonchev–Trinajstić information content (AvgIpc) is 3.67. The Bertz CT molecular complexity index is 3260. The Kier molecular flexibility index (Phi) is 11.1. The second kappa shape index (κ2) is 16.6. The molecule has 1 saturated carbocycles. The molecule has 9 rings (SSSR count). The summed E-state index contributed by atoms with van der Waals surface area (Å²) in [6.45, 7) is -0.598. The number of nitrogens with one attached hydrogen (secondary N) is 1. The lowest BCUT2D eigenvalue weighted by Gasteiger charge is -2.49. The van der Waals surface area contributed by atoms with E-state index in [-0.39, 0.29) is 64.1 Å². The van der Waals surface area contributed by atoms with E-state index in [1.807, 2.05) is 0 Å². The lowest BCUT2D eigenvalue weighted by Crippen LogP contribution is -2.53. The van der Waals surface area contributed by atoms with Crippen LogP contribution < -0.4 is 41.3 Å². The number of phenols is 1. The number of imide groups is 1. The number of carbonyl (C=O) groups is 2. The van der Waals surface area contributed by atoms with Gasteiger partial charge in [0.2, 0.25) is 0 Å². The highest BCUT2D eigenvalue weighted by Crippen LogP contribution is 2.63. The summed E-state index contributed by atoms with van der Waals surface area (Å²) >= 11 is 12.7. The number of methoxy groups -OCH3 is 3. The molecule has 4 atom stereocenters. The Morgan fingerprint density at radius 1 is 0.881 bits per heavy atom. The van der Waals surface area contributed by atoms with Crippen molar-refractivity contribution in [2.75, 3.05) is 26.8 Å². The highest BCUT2D eigenvalue weighted by molar-refractivity contribution is 6.36. The number of hydrogen-bond donors (Lipinski definition) is 2. The third kappa shape index (κ3) is 7.25. The maximum absolute atomic E-state index is 15.5. The number of hydrazine groups is 1. The molecule has 1 saturated heterocycles. The highest BCUT2D eigenvalue weighted by Gasteiger charge is 2.69. The number of ether oxygens (including phenoxy) is 4. The maximum Gasteiger partial charge on any atom is 0.573 e. The van der Waals surface area contributed by atoms with Crippen LogP contribution in [-0.4, -0.2) is 73.1 Å². The molecule has 2 N–H and O–H groups in total. The van der Waals surface area contributed by atoms with Crippen LogP contribution in [0.3, 0.4) is 0 Å². The molecular formula is C45H38Cl2F3N7O10. The van der Waals surface area contributed by atoms with Crippen molar-refractivity contribution in [2.24, 2.45) is 13.0 Å². The summed E-state index contributed by atoms with van der Waals surface area (Å²) in [7, 11) is 5.86. The predicted octanol–water partition coefficient (Wildman–Crippen LogP) is 5.86. The Morgan fingerprint density at radius 2 is 1.58 bits per heavy atom. The number of aromatic hydroxyl groups is 1. The summed E-state index contributed by atoms with van der Waals surface area (Å²) in [5.41, 5.74) is -0.209. The van der Waals surface area contributed by atoms with Crippen LogP contribution >= 0.6 is 23.2 Å². The van der Waals surface area contributed by atoms with Gasteiger partial charge in [-0.3, -0.25) is 19.8 Å². The number of nitrogens with zero attached hydrogens (tertiary/aromatic N) is 6. The first-order valence-corrected chi connectivity index (χ1v) is 21.2. The summed E-state index contributed by atoms with van der Waals surface area (Å²) in [5, 5.41) is 12.7. The van der Waals surface area contributed by atoms with Crippen molar-refractivity contribution in [3.63, 3.8) is 0 Å². The van der Waals surface area contributed by atoms with E-state index in [4.69, 9.17) is 37.4 Å². The first kappa shape index (κ1) is 45.0. The minimum absolute atomic E-state index is 0.0309. The van der Waals surface area contributed by atoms with Crippen molar-refractivity contribution in [3.8, 4) is 28.7 Å². The zero-order valence-electron chi connectivity index (χ0n) is 35.8. The fraction of sp³-hybridized carbons (Fsp3) is 0.289. The van der Waals surface area contributed by atoms with E-state index in [0.717, 1.165) is 37.1 Å². The molecule has 0 radical (unpaired) electrons. The molecule has 22 heteroatoms. The number of allylic oxidation sites excluding steroid dienone is 2. The molecule has 2 aliphatic heterocycles. The lowest BCUT2D eigenvalue weighted by atomic mass is 9.53. The van der Waals surface area contributed by atoms with Crippen LogP contribution in [0.4, 0.5) is 18.9 Å². The van der Waals surface area contributed by atoms with Crippen molar-refractivity contribution >= 4 is 51.7 Å². The first-order chi connectivity index (χ1) is 31.9. The van der Waals surface area contributed by atoms with E-state index in [0.29, 0.717) is 28.3 Å². The van der Waals surface area contributed by atoms with Crippen LogP contribution in [0.2, 0.25) is 10.0 Å². The zero-order valence-corrected chi connectivity index (χ0v) is 37.3. The molecule has 2 amide bonds. The maximum atomic E-state index is 15.5. The normalized spacial score (nSPS) is 20.0. The molecule has 17 nitrogen and oxygen atoms in total. The molecule has 6 aromatic rings. The summed E-state index contributed by atoms with van der Waals surface area (Å²) in [6.07, 6.45) is -4.08. The molecule has 1 aliphatic carbocycles. The Labute approximate surface area is 386 Å². The Morgan fingerprint density at radius 3 is 2.25 bits per heavy atom. The number of fused-ring (bicyclic) bond motifs is 5. The third-order valence-corrected chi connectivity index (χ3v) is 13.2. The minimum atomic E-state index is -5.17. The zero-order chi connectivity index (χ0) is 47.9. The van der Waals surface area contributed by atoms with Crippen LogP contribution in [0.1, 0.15) is 35.2 Å². The van der Waals surface area contributed by atoms with Gasteiger partial charge < -0.3 is 28.6 Å². The van der Waals surface area contributed by atoms with Crippen LogP contribution in [0, 0.1) is 5.92 Å². The predicted molar refractivity (Wildman–Crippen MR) is 236 cm³/mol. The van der Waals surface area contributed by atoms with Crippen molar-refractivity contribution in [1.29, 1.82) is 0 Å². The highest BCUT2D eigenvalue weighted by atomic mass is 35.5. The van der Waals surface area contributed by atoms with Crippen LogP contribution in [0.25, 0.3) is 11.0 Å². The monoisotopic (exact) mass is 963 g/mol. The summed E-state index contributed by atoms with van der Waals surface area (Å²) in [5.74, 6) is -4.83. The topological polar surface area (TPSA) is 190 Å². The fourth-order valence-corrected chi connectivity index (χ4v) is 10.2. The summed E-state index contributed by atoms with van der Waals surface area (Å²) < 4.78 is 66.4. The van der Waals surface area contributed by atoms with Crippen molar-refractivity contribution < 1.29 is 46.8 Å². The van der Waals surface area contributed by atoms with Crippen LogP contribution in [0.15, 0.2) is 98.8 Å². The third-order valence-electron chi connectivity index (χ3n) is 12.7. The average molecular weight is 965 g/mol. The standard InChI is InChI=1S/C45H38Cl2F3N7O10/c1-53-34-21-37(66-4)36(65-3)20-32(34)51-31(40(53)60)14-15-54-42(62)55-16-13-26-33(57(55)43(54)63)19-28-39(59)56(52-30-11-7-23(46)17-29(30)47)41(61)44(28,22-5-8-24(64-2)9-6-22)38(26)27-18-25(10-12-35(27)58)67-45(48,49)50/h5-13,17-18,20-21,28,33,38,52,58H,14-16,19H2,1-4H3. The Hall–Kier alpha value is -7.19. The van der Waals surface area contributed by atoms with Gasteiger partial charge in [-0.05, 0) is 66.1 Å². The molecule has 348 valence electrons. The van der Waals surface area contributed by atoms with Crippen LogP contribution in [-0.2, 0) is 41.6 Å². The van der Waals surface area contributed by atoms with Gasteiger partial charge >= 0.3 is 17.7 Å².